The Morgan fingerprint density at radius 1 is 1.00 bits per heavy atom. The van der Waals surface area contributed by atoms with Crippen LogP contribution in [0.25, 0.3) is 0 Å². The van der Waals surface area contributed by atoms with Crippen molar-refractivity contribution < 1.29 is 22.7 Å². The van der Waals surface area contributed by atoms with Gasteiger partial charge in [0.25, 0.3) is 5.91 Å². The van der Waals surface area contributed by atoms with Gasteiger partial charge in [0.05, 0.1) is 17.1 Å². The minimum Gasteiger partial charge on any atom is -0.444 e. The van der Waals surface area contributed by atoms with E-state index in [9.17, 15) is 18.0 Å². The lowest BCUT2D eigenvalue weighted by Gasteiger charge is -2.19. The molecular formula is C22H23NO5S2. The minimum absolute atomic E-state index is 0.0907. The lowest BCUT2D eigenvalue weighted by Crippen LogP contribution is -2.33. The second kappa shape index (κ2) is 8.81. The summed E-state index contributed by atoms with van der Waals surface area (Å²) in [6.07, 6.45) is 1.40. The van der Waals surface area contributed by atoms with Gasteiger partial charge in [0.2, 0.25) is 6.10 Å². The van der Waals surface area contributed by atoms with E-state index in [0.717, 1.165) is 12.8 Å². The van der Waals surface area contributed by atoms with Gasteiger partial charge in [0.15, 0.2) is 9.84 Å². The highest BCUT2D eigenvalue weighted by molar-refractivity contribution is 8.02. The maximum Gasteiger partial charge on any atom is 0.340 e. The molecule has 1 amide bonds. The van der Waals surface area contributed by atoms with Crippen molar-refractivity contribution in [2.24, 2.45) is 0 Å². The summed E-state index contributed by atoms with van der Waals surface area (Å²) >= 11 is 1.38. The van der Waals surface area contributed by atoms with Crippen molar-refractivity contribution in [1.82, 2.24) is 5.32 Å². The third-order valence-electron chi connectivity index (χ3n) is 5.08. The highest BCUT2D eigenvalue weighted by Gasteiger charge is 2.33. The van der Waals surface area contributed by atoms with Gasteiger partial charge in [-0.3, -0.25) is 4.79 Å². The predicted octanol–water partition coefficient (Wildman–Crippen LogP) is 3.14. The van der Waals surface area contributed by atoms with E-state index >= 15 is 0 Å². The van der Waals surface area contributed by atoms with Crippen LogP contribution in [0.15, 0.2) is 59.5 Å². The lowest BCUT2D eigenvalue weighted by atomic mass is 10.1. The summed E-state index contributed by atoms with van der Waals surface area (Å²) in [5.41, 5.74) is 0.947. The molecule has 0 radical (unpaired) electrons. The molecule has 4 rings (SSSR count). The number of sulfone groups is 1. The topological polar surface area (TPSA) is 89.5 Å². The zero-order chi connectivity index (χ0) is 21.1. The molecule has 1 aliphatic carbocycles. The number of benzene rings is 2. The highest BCUT2D eigenvalue weighted by atomic mass is 32.2. The van der Waals surface area contributed by atoms with Crippen LogP contribution in [0.3, 0.4) is 0 Å². The summed E-state index contributed by atoms with van der Waals surface area (Å²) < 4.78 is 29.2. The molecule has 2 aromatic carbocycles. The summed E-state index contributed by atoms with van der Waals surface area (Å²) in [4.78, 5) is 26.4. The van der Waals surface area contributed by atoms with Crippen molar-refractivity contribution in [2.75, 3.05) is 11.5 Å². The van der Waals surface area contributed by atoms with Gasteiger partial charge < -0.3 is 10.1 Å². The molecule has 1 N–H and O–H groups in total. The van der Waals surface area contributed by atoms with E-state index in [0.29, 0.717) is 22.4 Å². The molecule has 2 aromatic rings. The molecule has 1 saturated carbocycles. The molecule has 0 spiro atoms. The first-order chi connectivity index (χ1) is 14.4. The van der Waals surface area contributed by atoms with Crippen molar-refractivity contribution in [1.29, 1.82) is 0 Å². The molecule has 0 bridgehead atoms. The Kier molecular flexibility index (Phi) is 6.15. The van der Waals surface area contributed by atoms with Crippen LogP contribution in [0.5, 0.6) is 0 Å². The molecule has 2 aliphatic rings. The van der Waals surface area contributed by atoms with Gasteiger partial charge in [-0.15, -0.1) is 11.8 Å². The summed E-state index contributed by atoms with van der Waals surface area (Å²) in [6.45, 7) is 0. The van der Waals surface area contributed by atoms with Gasteiger partial charge in [-0.1, -0.05) is 42.5 Å². The molecule has 6 nitrogen and oxygen atoms in total. The van der Waals surface area contributed by atoms with E-state index in [-0.39, 0.29) is 28.7 Å². The third-order valence-corrected chi connectivity index (χ3v) is 8.40. The van der Waals surface area contributed by atoms with Crippen LogP contribution in [0.4, 0.5) is 0 Å². The average Bonchev–Trinajstić information content (AvgIpc) is 3.48. The van der Waals surface area contributed by atoms with Crippen molar-refractivity contribution in [2.45, 2.75) is 41.6 Å². The van der Waals surface area contributed by atoms with E-state index < -0.39 is 21.9 Å². The Bertz CT molecular complexity index is 1030. The lowest BCUT2D eigenvalue weighted by molar-refractivity contribution is -0.130. The number of hydrogen-bond acceptors (Lipinski definition) is 6. The minimum atomic E-state index is -3.01. The monoisotopic (exact) mass is 445 g/mol. The third kappa shape index (κ3) is 5.23. The Morgan fingerprint density at radius 3 is 2.37 bits per heavy atom. The maximum absolute atomic E-state index is 13.0. The highest BCUT2D eigenvalue weighted by Crippen LogP contribution is 2.34. The van der Waals surface area contributed by atoms with E-state index in [1.807, 2.05) is 6.07 Å². The van der Waals surface area contributed by atoms with Crippen molar-refractivity contribution in [3.05, 3.63) is 65.7 Å². The first-order valence-electron chi connectivity index (χ1n) is 9.94. The van der Waals surface area contributed by atoms with Crippen molar-refractivity contribution in [3.63, 3.8) is 0 Å². The van der Waals surface area contributed by atoms with E-state index in [1.165, 1.54) is 11.8 Å². The van der Waals surface area contributed by atoms with Crippen molar-refractivity contribution in [3.8, 4) is 0 Å². The molecule has 2 fully saturated rings. The number of rotatable bonds is 7. The Hall–Kier alpha value is -2.32. The van der Waals surface area contributed by atoms with Crippen LogP contribution in [0, 0.1) is 0 Å². The summed E-state index contributed by atoms with van der Waals surface area (Å²) in [7, 11) is -3.01. The predicted molar refractivity (Wildman–Crippen MR) is 115 cm³/mol. The number of carbonyl (C=O) groups excluding carboxylic acids is 2. The molecule has 8 heteroatoms. The number of hydrogen-bond donors (Lipinski definition) is 1. The van der Waals surface area contributed by atoms with E-state index in [2.05, 4.69) is 5.32 Å². The molecule has 0 aromatic heterocycles. The molecule has 2 atom stereocenters. The number of thioether (sulfide) groups is 1. The van der Waals surface area contributed by atoms with Gasteiger partial charge in [0.1, 0.15) is 0 Å². The number of amides is 1. The molecule has 1 heterocycles. The standard InChI is InChI=1S/C22H23NO5S2/c24-21(23-16-10-11-16)20(15-6-2-1-3-7-15)28-22(25)18-8-4-5-9-19(18)29-17-12-13-30(26,27)14-17/h1-9,16-17,20H,10-14H2,(H,23,24)/t17-,20+/m1/s1. The van der Waals surface area contributed by atoms with Gasteiger partial charge in [0, 0.05) is 21.8 Å². The zero-order valence-electron chi connectivity index (χ0n) is 16.3. The van der Waals surface area contributed by atoms with Gasteiger partial charge in [-0.25, -0.2) is 13.2 Å². The second-order valence-corrected chi connectivity index (χ2v) is 11.2. The number of esters is 1. The number of carbonyl (C=O) groups is 2. The molecule has 0 unspecified atom stereocenters. The smallest absolute Gasteiger partial charge is 0.340 e. The fourth-order valence-corrected chi connectivity index (χ4v) is 6.96. The quantitative estimate of drug-likeness (QED) is 0.659. The van der Waals surface area contributed by atoms with Crippen LogP contribution in [0.1, 0.15) is 41.3 Å². The Balaban J connectivity index is 1.53. The van der Waals surface area contributed by atoms with Crippen LogP contribution in [0.2, 0.25) is 0 Å². The first-order valence-corrected chi connectivity index (χ1v) is 12.6. The summed E-state index contributed by atoms with van der Waals surface area (Å²) in [5.74, 6) is -0.644. The summed E-state index contributed by atoms with van der Waals surface area (Å²) in [5, 5.41) is 2.81. The van der Waals surface area contributed by atoms with E-state index in [4.69, 9.17) is 4.74 Å². The number of ether oxygens (including phenoxy) is 1. The average molecular weight is 446 g/mol. The fourth-order valence-electron chi connectivity index (χ4n) is 3.35. The number of nitrogens with one attached hydrogen (secondary N) is 1. The van der Waals surface area contributed by atoms with Gasteiger partial charge >= 0.3 is 5.97 Å². The molecule has 1 saturated heterocycles. The van der Waals surface area contributed by atoms with Gasteiger partial charge in [-0.05, 0) is 31.4 Å². The Labute approximate surface area is 180 Å². The zero-order valence-corrected chi connectivity index (χ0v) is 18.0. The fraction of sp³-hybridized carbons (Fsp3) is 0.364. The molecule has 1 aliphatic heterocycles. The largest absolute Gasteiger partial charge is 0.444 e. The maximum atomic E-state index is 13.0. The van der Waals surface area contributed by atoms with Crippen LogP contribution in [-0.4, -0.2) is 43.1 Å². The molecule has 158 valence electrons. The molecule has 30 heavy (non-hydrogen) atoms. The normalized spacial score (nSPS) is 21.0. The van der Waals surface area contributed by atoms with Crippen LogP contribution in [-0.2, 0) is 19.4 Å². The Morgan fingerprint density at radius 2 is 1.70 bits per heavy atom. The van der Waals surface area contributed by atoms with Gasteiger partial charge in [-0.2, -0.15) is 0 Å². The summed E-state index contributed by atoms with van der Waals surface area (Å²) in [6, 6.07) is 16.1. The molecular weight excluding hydrogens is 422 g/mol. The van der Waals surface area contributed by atoms with E-state index in [1.54, 1.807) is 48.5 Å². The first kappa shape index (κ1) is 20.9. The van der Waals surface area contributed by atoms with Crippen molar-refractivity contribution >= 4 is 33.5 Å². The van der Waals surface area contributed by atoms with Crippen LogP contribution >= 0.6 is 11.8 Å². The van der Waals surface area contributed by atoms with Crippen LogP contribution < -0.4 is 5.32 Å². The second-order valence-electron chi connectivity index (χ2n) is 7.62. The SMILES string of the molecule is O=C(O[C@H](C(=O)NC1CC1)c1ccccc1)c1ccccc1S[C@@H]1CCS(=O)(=O)C1.